The molecule has 1 saturated heterocycles. The summed E-state index contributed by atoms with van der Waals surface area (Å²) in [6.45, 7) is 1.85. The van der Waals surface area contributed by atoms with Gasteiger partial charge in [-0.15, -0.1) is 0 Å². The molecule has 2 aromatic rings. The first-order chi connectivity index (χ1) is 8.88. The molecule has 0 spiro atoms. The van der Waals surface area contributed by atoms with Gasteiger partial charge in [-0.05, 0) is 12.0 Å². The molecule has 1 aromatic heterocycles. The number of benzene rings is 1. The Kier molecular flexibility index (Phi) is 3.08. The molecule has 1 aliphatic heterocycles. The fraction of sp³-hybridized carbons (Fsp3) is 0.385. The molecule has 1 aliphatic rings. The van der Waals surface area contributed by atoms with E-state index >= 15 is 0 Å². The van der Waals surface area contributed by atoms with E-state index in [1.807, 2.05) is 18.2 Å². The third-order valence-electron chi connectivity index (χ3n) is 3.21. The minimum Gasteiger partial charge on any atom is -0.381 e. The quantitative estimate of drug-likeness (QED) is 0.890. The third-order valence-corrected chi connectivity index (χ3v) is 3.21. The minimum absolute atomic E-state index is 0.266. The van der Waals surface area contributed by atoms with Crippen molar-refractivity contribution in [3.63, 3.8) is 0 Å². The molecule has 0 bridgehead atoms. The predicted octanol–water partition coefficient (Wildman–Crippen LogP) is 1.70. The van der Waals surface area contributed by atoms with Crippen LogP contribution in [0, 0.1) is 0 Å². The van der Waals surface area contributed by atoms with Crippen LogP contribution in [-0.4, -0.2) is 23.4 Å². The zero-order valence-electron chi connectivity index (χ0n) is 10.0. The molecule has 5 heteroatoms. The summed E-state index contributed by atoms with van der Waals surface area (Å²) < 4.78 is 10.5. The summed E-state index contributed by atoms with van der Waals surface area (Å²) in [4.78, 5) is 4.29. The highest BCUT2D eigenvalue weighted by Crippen LogP contribution is 2.32. The average molecular weight is 245 g/mol. The molecule has 2 heterocycles. The van der Waals surface area contributed by atoms with Gasteiger partial charge in [-0.2, -0.15) is 4.98 Å². The molecule has 0 saturated carbocycles. The van der Waals surface area contributed by atoms with Gasteiger partial charge in [0.25, 0.3) is 0 Å². The van der Waals surface area contributed by atoms with E-state index in [9.17, 15) is 0 Å². The second-order valence-corrected chi connectivity index (χ2v) is 4.36. The van der Waals surface area contributed by atoms with Gasteiger partial charge in [0.2, 0.25) is 11.7 Å². The van der Waals surface area contributed by atoms with Crippen LogP contribution in [0.5, 0.6) is 0 Å². The number of aromatic nitrogens is 2. The van der Waals surface area contributed by atoms with Crippen LogP contribution < -0.4 is 5.73 Å². The van der Waals surface area contributed by atoms with E-state index in [1.54, 1.807) is 0 Å². The van der Waals surface area contributed by atoms with E-state index in [2.05, 4.69) is 16.2 Å². The van der Waals surface area contributed by atoms with E-state index < -0.39 is 0 Å². The van der Waals surface area contributed by atoms with Gasteiger partial charge >= 0.3 is 0 Å². The van der Waals surface area contributed by atoms with Crippen LogP contribution in [0.25, 0.3) is 11.4 Å². The van der Waals surface area contributed by atoms with Crippen molar-refractivity contribution in [2.45, 2.75) is 18.9 Å². The smallest absolute Gasteiger partial charge is 0.240 e. The predicted molar refractivity (Wildman–Crippen MR) is 65.8 cm³/mol. The van der Waals surface area contributed by atoms with Crippen LogP contribution in [0.2, 0.25) is 0 Å². The van der Waals surface area contributed by atoms with Crippen molar-refractivity contribution in [3.05, 3.63) is 35.7 Å². The number of hydrogen-bond acceptors (Lipinski definition) is 5. The minimum atomic E-state index is 0.266. The van der Waals surface area contributed by atoms with E-state index in [4.69, 9.17) is 15.0 Å². The molecular formula is C13H15N3O2. The Bertz CT molecular complexity index is 533. The second-order valence-electron chi connectivity index (χ2n) is 4.36. The number of hydrogen-bond donors (Lipinski definition) is 1. The fourth-order valence-corrected chi connectivity index (χ4v) is 2.28. The van der Waals surface area contributed by atoms with Gasteiger partial charge in [0.05, 0.1) is 13.2 Å². The standard InChI is InChI=1S/C13H15N3O2/c14-7-12-15-13(16-18-12)11-4-2-1-3-10(11)9-5-6-17-8-9/h1-4,9H,5-8,14H2. The summed E-state index contributed by atoms with van der Waals surface area (Å²) in [6.07, 6.45) is 1.04. The lowest BCUT2D eigenvalue weighted by molar-refractivity contribution is 0.194. The molecule has 5 nitrogen and oxygen atoms in total. The summed E-state index contributed by atoms with van der Waals surface area (Å²) in [6, 6.07) is 8.13. The summed E-state index contributed by atoms with van der Waals surface area (Å²) >= 11 is 0. The summed E-state index contributed by atoms with van der Waals surface area (Å²) in [5.41, 5.74) is 7.72. The second kappa shape index (κ2) is 4.88. The van der Waals surface area contributed by atoms with Crippen LogP contribution in [0.15, 0.2) is 28.8 Å². The molecule has 1 fully saturated rings. The van der Waals surface area contributed by atoms with Crippen molar-refractivity contribution in [2.24, 2.45) is 5.73 Å². The number of ether oxygens (including phenoxy) is 1. The first kappa shape index (κ1) is 11.4. The van der Waals surface area contributed by atoms with Crippen LogP contribution in [0.1, 0.15) is 23.8 Å². The lowest BCUT2D eigenvalue weighted by Gasteiger charge is -2.11. The van der Waals surface area contributed by atoms with E-state index in [0.29, 0.717) is 17.6 Å². The van der Waals surface area contributed by atoms with Gasteiger partial charge in [-0.25, -0.2) is 0 Å². The van der Waals surface area contributed by atoms with Crippen LogP contribution in [0.3, 0.4) is 0 Å². The topological polar surface area (TPSA) is 74.2 Å². The third kappa shape index (κ3) is 2.02. The molecule has 18 heavy (non-hydrogen) atoms. The Morgan fingerprint density at radius 3 is 2.94 bits per heavy atom. The molecule has 94 valence electrons. The van der Waals surface area contributed by atoms with Gasteiger partial charge < -0.3 is 15.0 Å². The zero-order valence-corrected chi connectivity index (χ0v) is 10.0. The number of rotatable bonds is 3. The van der Waals surface area contributed by atoms with Gasteiger partial charge in [0.15, 0.2) is 0 Å². The Morgan fingerprint density at radius 2 is 2.22 bits per heavy atom. The maximum Gasteiger partial charge on any atom is 0.240 e. The maximum absolute atomic E-state index is 5.49. The highest BCUT2D eigenvalue weighted by atomic mass is 16.5. The van der Waals surface area contributed by atoms with Crippen LogP contribution >= 0.6 is 0 Å². The zero-order chi connectivity index (χ0) is 12.4. The van der Waals surface area contributed by atoms with Crippen LogP contribution in [-0.2, 0) is 11.3 Å². The normalized spacial score (nSPS) is 19.3. The van der Waals surface area contributed by atoms with Gasteiger partial charge in [-0.1, -0.05) is 29.4 Å². The molecule has 0 radical (unpaired) electrons. The summed E-state index contributed by atoms with van der Waals surface area (Å²) in [7, 11) is 0. The monoisotopic (exact) mass is 245 g/mol. The molecule has 1 aromatic carbocycles. The van der Waals surface area contributed by atoms with Gasteiger partial charge in [0.1, 0.15) is 0 Å². The Labute approximate surface area is 105 Å². The molecule has 1 unspecified atom stereocenters. The van der Waals surface area contributed by atoms with Crippen molar-refractivity contribution >= 4 is 0 Å². The lowest BCUT2D eigenvalue weighted by Crippen LogP contribution is -2.01. The van der Waals surface area contributed by atoms with E-state index in [1.165, 1.54) is 5.56 Å². The maximum atomic E-state index is 5.49. The Morgan fingerprint density at radius 1 is 1.33 bits per heavy atom. The van der Waals surface area contributed by atoms with E-state index in [0.717, 1.165) is 25.2 Å². The van der Waals surface area contributed by atoms with Crippen molar-refractivity contribution < 1.29 is 9.26 Å². The number of nitrogens with two attached hydrogens (primary N) is 1. The highest BCUT2D eigenvalue weighted by molar-refractivity contribution is 5.60. The lowest BCUT2D eigenvalue weighted by atomic mass is 9.93. The van der Waals surface area contributed by atoms with E-state index in [-0.39, 0.29) is 6.54 Å². The first-order valence-electron chi connectivity index (χ1n) is 6.08. The van der Waals surface area contributed by atoms with Crippen molar-refractivity contribution in [1.82, 2.24) is 10.1 Å². The van der Waals surface area contributed by atoms with Gasteiger partial charge in [-0.3, -0.25) is 0 Å². The number of nitrogens with zero attached hydrogens (tertiary/aromatic N) is 2. The van der Waals surface area contributed by atoms with Crippen LogP contribution in [0.4, 0.5) is 0 Å². The highest BCUT2D eigenvalue weighted by Gasteiger charge is 2.22. The molecule has 0 amide bonds. The summed E-state index contributed by atoms with van der Waals surface area (Å²) in [5.74, 6) is 1.49. The molecule has 3 rings (SSSR count). The van der Waals surface area contributed by atoms with Crippen molar-refractivity contribution in [2.75, 3.05) is 13.2 Å². The van der Waals surface area contributed by atoms with Crippen molar-refractivity contribution in [3.8, 4) is 11.4 Å². The Hall–Kier alpha value is -1.72. The van der Waals surface area contributed by atoms with Gasteiger partial charge in [0, 0.05) is 18.1 Å². The largest absolute Gasteiger partial charge is 0.381 e. The fourth-order valence-electron chi connectivity index (χ4n) is 2.28. The average Bonchev–Trinajstić information content (AvgIpc) is 3.10. The SMILES string of the molecule is NCc1nc(-c2ccccc2C2CCOC2)no1. The Balaban J connectivity index is 2.00. The molecular weight excluding hydrogens is 230 g/mol. The molecule has 1 atom stereocenters. The first-order valence-corrected chi connectivity index (χ1v) is 6.08. The molecule has 2 N–H and O–H groups in total. The molecule has 0 aliphatic carbocycles. The van der Waals surface area contributed by atoms with Crippen molar-refractivity contribution in [1.29, 1.82) is 0 Å². The summed E-state index contributed by atoms with van der Waals surface area (Å²) in [5, 5.41) is 3.98.